The minimum absolute atomic E-state index is 0.226. The first-order valence-electron chi connectivity index (χ1n) is 8.17. The normalized spacial score (nSPS) is 17.0. The van der Waals surface area contributed by atoms with Crippen LogP contribution >= 0.6 is 23.1 Å². The van der Waals surface area contributed by atoms with Crippen molar-refractivity contribution in [2.24, 2.45) is 0 Å². The van der Waals surface area contributed by atoms with Gasteiger partial charge in [-0.15, -0.1) is 16.4 Å². The third kappa shape index (κ3) is 3.38. The van der Waals surface area contributed by atoms with Crippen LogP contribution in [0.15, 0.2) is 47.8 Å². The van der Waals surface area contributed by atoms with E-state index < -0.39 is 0 Å². The summed E-state index contributed by atoms with van der Waals surface area (Å²) in [4.78, 5) is 2.92. The zero-order chi connectivity index (χ0) is 16.2. The molecule has 0 amide bonds. The Balaban J connectivity index is 1.67. The number of nitrogens with one attached hydrogen (secondary N) is 1. The maximum Gasteiger partial charge on any atom is 0.215 e. The summed E-state index contributed by atoms with van der Waals surface area (Å²) in [6, 6.07) is 15.0. The lowest BCUT2D eigenvalue weighted by Crippen LogP contribution is -3.14. The molecule has 7 heteroatoms. The zero-order valence-electron chi connectivity index (χ0n) is 13.3. The fourth-order valence-electron chi connectivity index (χ4n) is 3.18. The van der Waals surface area contributed by atoms with Crippen LogP contribution in [0.3, 0.4) is 0 Å². The Hall–Kier alpha value is -1.70. The second kappa shape index (κ2) is 7.46. The smallest absolute Gasteiger partial charge is 0.215 e. The van der Waals surface area contributed by atoms with Gasteiger partial charge in [-0.05, 0) is 27.4 Å². The number of hydrogen-bond acceptors (Lipinski definition) is 5. The second-order valence-corrected chi connectivity index (χ2v) is 8.10. The molecule has 1 N–H and O–H groups in total. The van der Waals surface area contributed by atoms with Gasteiger partial charge in [0, 0.05) is 11.5 Å². The summed E-state index contributed by atoms with van der Waals surface area (Å²) >= 11 is 3.84. The molecular weight excluding hydrogens is 338 g/mol. The highest BCUT2D eigenvalue weighted by atomic mass is 32.2. The topological polar surface area (TPSA) is 48.0 Å². The zero-order valence-corrected chi connectivity index (χ0v) is 15.0. The van der Waals surface area contributed by atoms with E-state index in [-0.39, 0.29) is 6.04 Å². The average molecular weight is 359 g/mol. The molecule has 5 nitrogen and oxygen atoms in total. The Bertz CT molecular complexity index is 750. The van der Waals surface area contributed by atoms with Crippen molar-refractivity contribution in [1.29, 1.82) is 0 Å². The fraction of sp³-hybridized carbons (Fsp3) is 0.353. The molecule has 1 aromatic carbocycles. The highest BCUT2D eigenvalue weighted by Gasteiger charge is 2.33. The average Bonchev–Trinajstić information content (AvgIpc) is 3.31. The van der Waals surface area contributed by atoms with Gasteiger partial charge in [-0.2, -0.15) is 11.8 Å². The molecule has 1 aliphatic rings. The van der Waals surface area contributed by atoms with Crippen LogP contribution in [-0.2, 0) is 6.54 Å². The van der Waals surface area contributed by atoms with E-state index in [1.54, 1.807) is 16.2 Å². The Labute approximate surface area is 149 Å². The summed E-state index contributed by atoms with van der Waals surface area (Å²) in [7, 11) is 0. The van der Waals surface area contributed by atoms with E-state index in [0.29, 0.717) is 6.54 Å². The van der Waals surface area contributed by atoms with Crippen molar-refractivity contribution in [3.05, 3.63) is 64.1 Å². The summed E-state index contributed by atoms with van der Waals surface area (Å²) in [5, 5.41) is 14.8. The molecule has 0 spiro atoms. The maximum absolute atomic E-state index is 4.42. The highest BCUT2D eigenvalue weighted by molar-refractivity contribution is 7.99. The van der Waals surface area contributed by atoms with Gasteiger partial charge in [-0.3, -0.25) is 0 Å². The molecule has 0 saturated carbocycles. The Morgan fingerprint density at radius 2 is 1.92 bits per heavy atom. The molecule has 0 aliphatic carbocycles. The first-order chi connectivity index (χ1) is 11.9. The number of tetrazole rings is 1. The van der Waals surface area contributed by atoms with Gasteiger partial charge in [-0.1, -0.05) is 36.4 Å². The van der Waals surface area contributed by atoms with Crippen LogP contribution in [0.5, 0.6) is 0 Å². The van der Waals surface area contributed by atoms with E-state index in [1.165, 1.54) is 21.9 Å². The Kier molecular flexibility index (Phi) is 4.91. The lowest BCUT2D eigenvalue weighted by Gasteiger charge is -2.29. The molecule has 124 valence electrons. The van der Waals surface area contributed by atoms with Crippen LogP contribution in [-0.4, -0.2) is 44.8 Å². The summed E-state index contributed by atoms with van der Waals surface area (Å²) < 4.78 is 1.97. The summed E-state index contributed by atoms with van der Waals surface area (Å²) in [5.41, 5.74) is 1.22. The standard InChI is InChI=1S/C17H19N5S2/c1-2-5-14(6-3-1)13-22-17(18-19-20-22)16(15-7-4-10-24-15)21-8-11-23-12-9-21/h1-7,10,16H,8-9,11-13H2/p+1/t16-/m0/s1. The molecule has 1 saturated heterocycles. The molecule has 0 unspecified atom stereocenters. The quantitative estimate of drug-likeness (QED) is 0.751. The van der Waals surface area contributed by atoms with E-state index in [0.717, 1.165) is 18.9 Å². The van der Waals surface area contributed by atoms with Crippen LogP contribution in [0.4, 0.5) is 0 Å². The molecule has 0 radical (unpaired) electrons. The highest BCUT2D eigenvalue weighted by Crippen LogP contribution is 2.23. The predicted octanol–water partition coefficient (Wildman–Crippen LogP) is 1.50. The van der Waals surface area contributed by atoms with Gasteiger partial charge >= 0.3 is 0 Å². The van der Waals surface area contributed by atoms with Crippen molar-refractivity contribution in [2.75, 3.05) is 24.6 Å². The second-order valence-electron chi connectivity index (χ2n) is 5.90. The van der Waals surface area contributed by atoms with Crippen molar-refractivity contribution in [2.45, 2.75) is 12.6 Å². The molecular formula is C17H20N5S2+. The minimum Gasteiger partial charge on any atom is -0.320 e. The largest absolute Gasteiger partial charge is 0.320 e. The van der Waals surface area contributed by atoms with Crippen molar-refractivity contribution in [3.63, 3.8) is 0 Å². The number of benzene rings is 1. The molecule has 2 aromatic heterocycles. The summed E-state index contributed by atoms with van der Waals surface area (Å²) in [5.74, 6) is 3.39. The molecule has 3 heterocycles. The SMILES string of the molecule is c1ccc(Cn2nnnc2[C@H](c2cccs2)[NH+]2CCSCC2)cc1. The van der Waals surface area contributed by atoms with E-state index in [9.17, 15) is 0 Å². The maximum atomic E-state index is 4.42. The minimum atomic E-state index is 0.226. The number of thioether (sulfide) groups is 1. The number of aromatic nitrogens is 4. The lowest BCUT2D eigenvalue weighted by molar-refractivity contribution is -0.922. The number of thiophene rings is 1. The van der Waals surface area contributed by atoms with Gasteiger partial charge in [0.1, 0.15) is 0 Å². The first-order valence-corrected chi connectivity index (χ1v) is 10.2. The monoisotopic (exact) mass is 358 g/mol. The number of hydrogen-bond donors (Lipinski definition) is 1. The number of quaternary nitrogens is 1. The summed E-state index contributed by atoms with van der Waals surface area (Å²) in [6.07, 6.45) is 0. The van der Waals surface area contributed by atoms with E-state index in [4.69, 9.17) is 0 Å². The van der Waals surface area contributed by atoms with Crippen LogP contribution in [0, 0.1) is 0 Å². The van der Waals surface area contributed by atoms with Crippen molar-refractivity contribution >= 4 is 23.1 Å². The Morgan fingerprint density at radius 3 is 2.67 bits per heavy atom. The van der Waals surface area contributed by atoms with Crippen LogP contribution in [0.1, 0.15) is 22.3 Å². The lowest BCUT2D eigenvalue weighted by atomic mass is 10.1. The van der Waals surface area contributed by atoms with Gasteiger partial charge < -0.3 is 4.90 Å². The predicted molar refractivity (Wildman–Crippen MR) is 97.5 cm³/mol. The molecule has 3 aromatic rings. The summed E-state index contributed by atoms with van der Waals surface area (Å²) in [6.45, 7) is 3.03. The fourth-order valence-corrected chi connectivity index (χ4v) is 5.07. The van der Waals surface area contributed by atoms with Gasteiger partial charge in [0.05, 0.1) is 24.5 Å². The van der Waals surface area contributed by atoms with Crippen LogP contribution in [0.2, 0.25) is 0 Å². The molecule has 1 atom stereocenters. The van der Waals surface area contributed by atoms with Gasteiger partial charge in [0.15, 0.2) is 6.04 Å². The van der Waals surface area contributed by atoms with E-state index in [1.807, 2.05) is 22.5 Å². The van der Waals surface area contributed by atoms with Crippen LogP contribution in [0.25, 0.3) is 0 Å². The first kappa shape index (κ1) is 15.8. The van der Waals surface area contributed by atoms with Gasteiger partial charge in [0.2, 0.25) is 5.82 Å². The van der Waals surface area contributed by atoms with Crippen molar-refractivity contribution < 1.29 is 4.90 Å². The van der Waals surface area contributed by atoms with Crippen LogP contribution < -0.4 is 4.90 Å². The third-order valence-corrected chi connectivity index (χ3v) is 6.29. The Morgan fingerprint density at radius 1 is 1.08 bits per heavy atom. The molecule has 0 bridgehead atoms. The van der Waals surface area contributed by atoms with Crippen molar-refractivity contribution in [1.82, 2.24) is 20.2 Å². The van der Waals surface area contributed by atoms with Gasteiger partial charge in [0.25, 0.3) is 0 Å². The number of nitrogens with zero attached hydrogens (tertiary/aromatic N) is 4. The molecule has 24 heavy (non-hydrogen) atoms. The molecule has 1 fully saturated rings. The van der Waals surface area contributed by atoms with E-state index >= 15 is 0 Å². The third-order valence-electron chi connectivity index (χ3n) is 4.36. The number of rotatable bonds is 5. The molecule has 1 aliphatic heterocycles. The molecule has 4 rings (SSSR count). The van der Waals surface area contributed by atoms with Crippen molar-refractivity contribution in [3.8, 4) is 0 Å². The van der Waals surface area contributed by atoms with Gasteiger partial charge in [-0.25, -0.2) is 4.68 Å². The van der Waals surface area contributed by atoms with E-state index in [2.05, 4.69) is 57.3 Å².